The minimum atomic E-state index is -0.720. The van der Waals surface area contributed by atoms with Crippen molar-refractivity contribution in [2.24, 2.45) is 0 Å². The van der Waals surface area contributed by atoms with Crippen LogP contribution >= 0.6 is 11.3 Å². The Morgan fingerprint density at radius 2 is 2.05 bits per heavy atom. The van der Waals surface area contributed by atoms with Crippen molar-refractivity contribution in [3.05, 3.63) is 52.0 Å². The number of nitrogens with one attached hydrogen (secondary N) is 2. The molecule has 2 aromatic rings. The molecule has 2 N–H and O–H groups in total. The highest BCUT2D eigenvalue weighted by Gasteiger charge is 2.17. The summed E-state index contributed by atoms with van der Waals surface area (Å²) in [6, 6.07) is 6.89. The predicted molar refractivity (Wildman–Crippen MR) is 81.0 cm³/mol. The molecule has 1 aromatic carbocycles. The van der Waals surface area contributed by atoms with Crippen molar-refractivity contribution in [3.63, 3.8) is 0 Å². The first kappa shape index (κ1) is 15.2. The van der Waals surface area contributed by atoms with Crippen LogP contribution in [0.4, 0.5) is 10.1 Å². The van der Waals surface area contributed by atoms with Crippen molar-refractivity contribution < 1.29 is 14.0 Å². The molecule has 0 spiro atoms. The molecule has 0 radical (unpaired) electrons. The minimum Gasteiger partial charge on any atom is -0.340 e. The van der Waals surface area contributed by atoms with Gasteiger partial charge < -0.3 is 10.6 Å². The number of aryl methyl sites for hydroxylation is 1. The smallest absolute Gasteiger partial charge is 0.261 e. The number of hydrogen-bond acceptors (Lipinski definition) is 3. The molecule has 0 saturated carbocycles. The number of carbonyl (C=O) groups is 2. The van der Waals surface area contributed by atoms with Crippen LogP contribution in [0.5, 0.6) is 0 Å². The van der Waals surface area contributed by atoms with Gasteiger partial charge in [-0.05, 0) is 43.0 Å². The highest BCUT2D eigenvalue weighted by atomic mass is 32.1. The van der Waals surface area contributed by atoms with Gasteiger partial charge in [0.25, 0.3) is 5.91 Å². The third-order valence-electron chi connectivity index (χ3n) is 2.94. The Hall–Kier alpha value is -2.21. The van der Waals surface area contributed by atoms with Gasteiger partial charge >= 0.3 is 0 Å². The molecule has 1 aromatic heterocycles. The average molecular weight is 306 g/mol. The van der Waals surface area contributed by atoms with Gasteiger partial charge in [0.05, 0.1) is 4.88 Å². The maximum absolute atomic E-state index is 13.2. The first-order valence-corrected chi connectivity index (χ1v) is 7.26. The summed E-state index contributed by atoms with van der Waals surface area (Å²) in [5, 5.41) is 7.00. The number of anilines is 1. The van der Waals surface area contributed by atoms with E-state index in [1.807, 2.05) is 0 Å². The Labute approximate surface area is 126 Å². The SMILES string of the molecule is Cc1ccc(F)cc1NC(=O)C(C)NC(=O)c1cccs1. The molecule has 4 nitrogen and oxygen atoms in total. The molecule has 1 atom stereocenters. The normalized spacial score (nSPS) is 11.8. The van der Waals surface area contributed by atoms with Crippen molar-refractivity contribution in [1.82, 2.24) is 5.32 Å². The van der Waals surface area contributed by atoms with E-state index in [9.17, 15) is 14.0 Å². The van der Waals surface area contributed by atoms with E-state index in [0.29, 0.717) is 10.6 Å². The molecule has 2 rings (SSSR count). The molecule has 1 heterocycles. The third-order valence-corrected chi connectivity index (χ3v) is 3.81. The minimum absolute atomic E-state index is 0.302. The predicted octanol–water partition coefficient (Wildman–Crippen LogP) is 2.95. The van der Waals surface area contributed by atoms with Crippen LogP contribution in [0.1, 0.15) is 22.2 Å². The van der Waals surface area contributed by atoms with Crippen LogP contribution < -0.4 is 10.6 Å². The van der Waals surface area contributed by atoms with Gasteiger partial charge in [0, 0.05) is 5.69 Å². The number of thiophene rings is 1. The van der Waals surface area contributed by atoms with Gasteiger partial charge in [0.15, 0.2) is 0 Å². The van der Waals surface area contributed by atoms with E-state index in [2.05, 4.69) is 10.6 Å². The molecule has 2 amide bonds. The van der Waals surface area contributed by atoms with Crippen LogP contribution in [0.15, 0.2) is 35.7 Å². The van der Waals surface area contributed by atoms with Gasteiger partial charge in [0.2, 0.25) is 5.91 Å². The second kappa shape index (κ2) is 6.49. The Morgan fingerprint density at radius 1 is 1.29 bits per heavy atom. The standard InChI is InChI=1S/C15H15FN2O2S/c1-9-5-6-11(16)8-12(9)18-14(19)10(2)17-15(20)13-4-3-7-21-13/h3-8,10H,1-2H3,(H,17,20)(H,18,19). The Bertz CT molecular complexity index is 656. The molecule has 0 aliphatic rings. The molecule has 110 valence electrons. The van der Waals surface area contributed by atoms with E-state index in [1.165, 1.54) is 23.5 Å². The molecule has 0 bridgehead atoms. The van der Waals surface area contributed by atoms with E-state index >= 15 is 0 Å². The molecule has 21 heavy (non-hydrogen) atoms. The summed E-state index contributed by atoms with van der Waals surface area (Å²) in [6.45, 7) is 3.35. The van der Waals surface area contributed by atoms with Crippen molar-refractivity contribution in [2.45, 2.75) is 19.9 Å². The highest BCUT2D eigenvalue weighted by molar-refractivity contribution is 7.12. The second-order valence-corrected chi connectivity index (χ2v) is 5.57. The first-order valence-electron chi connectivity index (χ1n) is 6.39. The van der Waals surface area contributed by atoms with E-state index in [1.54, 1.807) is 37.4 Å². The van der Waals surface area contributed by atoms with Gasteiger partial charge in [-0.15, -0.1) is 11.3 Å². The van der Waals surface area contributed by atoms with E-state index in [4.69, 9.17) is 0 Å². The third kappa shape index (κ3) is 3.88. The molecular formula is C15H15FN2O2S. The maximum Gasteiger partial charge on any atom is 0.261 e. The number of hydrogen-bond donors (Lipinski definition) is 2. The number of amides is 2. The van der Waals surface area contributed by atoms with E-state index < -0.39 is 17.8 Å². The zero-order chi connectivity index (χ0) is 15.4. The lowest BCUT2D eigenvalue weighted by Crippen LogP contribution is -2.41. The van der Waals surface area contributed by atoms with Gasteiger partial charge in [-0.25, -0.2) is 4.39 Å². The fourth-order valence-corrected chi connectivity index (χ4v) is 2.34. The molecule has 1 unspecified atom stereocenters. The van der Waals surface area contributed by atoms with Gasteiger partial charge in [-0.1, -0.05) is 12.1 Å². The Morgan fingerprint density at radius 3 is 2.71 bits per heavy atom. The molecular weight excluding hydrogens is 291 g/mol. The summed E-state index contributed by atoms with van der Waals surface area (Å²) in [5.41, 5.74) is 1.15. The Balaban J connectivity index is 1.99. The molecule has 6 heteroatoms. The van der Waals surface area contributed by atoms with Crippen molar-refractivity contribution in [2.75, 3.05) is 5.32 Å². The van der Waals surface area contributed by atoms with Crippen molar-refractivity contribution in [1.29, 1.82) is 0 Å². The van der Waals surface area contributed by atoms with Crippen LogP contribution in [-0.4, -0.2) is 17.9 Å². The fourth-order valence-electron chi connectivity index (χ4n) is 1.71. The second-order valence-electron chi connectivity index (χ2n) is 4.62. The fraction of sp³-hybridized carbons (Fsp3) is 0.200. The molecule has 0 aliphatic heterocycles. The number of benzene rings is 1. The Kier molecular flexibility index (Phi) is 4.70. The van der Waals surface area contributed by atoms with Crippen LogP contribution in [0.3, 0.4) is 0 Å². The van der Waals surface area contributed by atoms with Crippen LogP contribution in [0.2, 0.25) is 0 Å². The summed E-state index contributed by atoms with van der Waals surface area (Å²) < 4.78 is 13.2. The van der Waals surface area contributed by atoms with Gasteiger partial charge in [-0.3, -0.25) is 9.59 Å². The lowest BCUT2D eigenvalue weighted by atomic mass is 10.2. The number of rotatable bonds is 4. The summed E-state index contributed by atoms with van der Waals surface area (Å²) in [7, 11) is 0. The average Bonchev–Trinajstić information content (AvgIpc) is 2.97. The van der Waals surface area contributed by atoms with Crippen molar-refractivity contribution >= 4 is 28.8 Å². The monoisotopic (exact) mass is 306 g/mol. The molecule has 0 fully saturated rings. The zero-order valence-electron chi connectivity index (χ0n) is 11.6. The summed E-state index contributed by atoms with van der Waals surface area (Å²) in [6.07, 6.45) is 0. The van der Waals surface area contributed by atoms with Gasteiger partial charge in [0.1, 0.15) is 11.9 Å². The summed E-state index contributed by atoms with van der Waals surface area (Å²) in [4.78, 5) is 24.4. The van der Waals surface area contributed by atoms with Gasteiger partial charge in [-0.2, -0.15) is 0 Å². The number of halogens is 1. The van der Waals surface area contributed by atoms with E-state index in [-0.39, 0.29) is 5.91 Å². The molecule has 0 saturated heterocycles. The summed E-state index contributed by atoms with van der Waals surface area (Å²) in [5.74, 6) is -1.12. The topological polar surface area (TPSA) is 58.2 Å². The largest absolute Gasteiger partial charge is 0.340 e. The first-order chi connectivity index (χ1) is 9.97. The summed E-state index contributed by atoms with van der Waals surface area (Å²) >= 11 is 1.30. The van der Waals surface area contributed by atoms with E-state index in [0.717, 1.165) is 5.56 Å². The van der Waals surface area contributed by atoms with Crippen LogP contribution in [0.25, 0.3) is 0 Å². The van der Waals surface area contributed by atoms with Crippen LogP contribution in [0, 0.1) is 12.7 Å². The maximum atomic E-state index is 13.2. The highest BCUT2D eigenvalue weighted by Crippen LogP contribution is 2.16. The zero-order valence-corrected chi connectivity index (χ0v) is 12.5. The lowest BCUT2D eigenvalue weighted by molar-refractivity contribution is -0.117. The lowest BCUT2D eigenvalue weighted by Gasteiger charge is -2.15. The quantitative estimate of drug-likeness (QED) is 0.912. The molecule has 0 aliphatic carbocycles. The van der Waals surface area contributed by atoms with Crippen molar-refractivity contribution in [3.8, 4) is 0 Å². The van der Waals surface area contributed by atoms with Crippen LogP contribution in [-0.2, 0) is 4.79 Å². The number of carbonyl (C=O) groups excluding carboxylic acids is 2.